The molecule has 0 spiro atoms. The van der Waals surface area contributed by atoms with Gasteiger partial charge in [0.15, 0.2) is 5.82 Å². The van der Waals surface area contributed by atoms with Gasteiger partial charge in [0.25, 0.3) is 5.91 Å². The zero-order valence-electron chi connectivity index (χ0n) is 12.3. The molecule has 2 heterocycles. The molecule has 0 unspecified atom stereocenters. The molecule has 114 valence electrons. The van der Waals surface area contributed by atoms with Crippen LogP contribution >= 0.6 is 0 Å². The van der Waals surface area contributed by atoms with Crippen molar-refractivity contribution < 1.29 is 14.1 Å². The van der Waals surface area contributed by atoms with Crippen LogP contribution in [0.25, 0.3) is 0 Å². The van der Waals surface area contributed by atoms with E-state index in [-0.39, 0.29) is 24.8 Å². The van der Waals surface area contributed by atoms with E-state index in [0.29, 0.717) is 30.4 Å². The molecule has 1 aromatic rings. The minimum atomic E-state index is -0.209. The van der Waals surface area contributed by atoms with Crippen molar-refractivity contribution in [3.05, 3.63) is 11.7 Å². The highest BCUT2D eigenvalue weighted by molar-refractivity contribution is 6.39. The molecular weight excluding hydrogens is 274 g/mol. The number of hydrogen-bond donors (Lipinski definition) is 1. The number of rotatable bonds is 6. The maximum atomic E-state index is 12.3. The predicted molar refractivity (Wildman–Crippen MR) is 74.2 cm³/mol. The van der Waals surface area contributed by atoms with Gasteiger partial charge in [-0.05, 0) is 13.3 Å². The molecule has 2 rings (SSSR count). The first-order valence-electron chi connectivity index (χ1n) is 7.10. The fraction of sp³-hybridized carbons (Fsp3) is 0.615. The van der Waals surface area contributed by atoms with E-state index >= 15 is 0 Å². The summed E-state index contributed by atoms with van der Waals surface area (Å²) >= 11 is 0. The number of carbonyl (C=O) groups is 2. The maximum absolute atomic E-state index is 12.3. The summed E-state index contributed by atoms with van der Waals surface area (Å²) in [5.41, 5.74) is 2.68. The van der Waals surface area contributed by atoms with Crippen molar-refractivity contribution in [2.45, 2.75) is 46.1 Å². The van der Waals surface area contributed by atoms with Gasteiger partial charge in [0.05, 0.1) is 6.54 Å². The molecule has 1 aliphatic heterocycles. The summed E-state index contributed by atoms with van der Waals surface area (Å²) in [7, 11) is 0. The van der Waals surface area contributed by atoms with E-state index in [1.54, 1.807) is 4.90 Å². The van der Waals surface area contributed by atoms with Gasteiger partial charge < -0.3 is 9.42 Å². The maximum Gasteiger partial charge on any atom is 0.270 e. The lowest BCUT2D eigenvalue weighted by molar-refractivity contribution is -0.125. The SMILES string of the molecule is CCCc1nc(CN(CC)C(=O)C2=NNC(=O)CC2)no1. The Morgan fingerprint density at radius 1 is 1.38 bits per heavy atom. The molecule has 1 N–H and O–H groups in total. The summed E-state index contributed by atoms with van der Waals surface area (Å²) in [5, 5.41) is 7.69. The van der Waals surface area contributed by atoms with Crippen LogP contribution in [0.3, 0.4) is 0 Å². The average molecular weight is 293 g/mol. The average Bonchev–Trinajstić information content (AvgIpc) is 2.92. The second kappa shape index (κ2) is 6.96. The lowest BCUT2D eigenvalue weighted by atomic mass is 10.1. The van der Waals surface area contributed by atoms with Crippen molar-refractivity contribution in [3.63, 3.8) is 0 Å². The largest absolute Gasteiger partial charge is 0.339 e. The van der Waals surface area contributed by atoms with Crippen LogP contribution < -0.4 is 5.43 Å². The van der Waals surface area contributed by atoms with Crippen LogP contribution in [-0.2, 0) is 22.6 Å². The monoisotopic (exact) mass is 293 g/mol. The molecule has 0 aliphatic carbocycles. The minimum Gasteiger partial charge on any atom is -0.339 e. The van der Waals surface area contributed by atoms with Crippen LogP contribution in [0.1, 0.15) is 44.8 Å². The smallest absolute Gasteiger partial charge is 0.270 e. The van der Waals surface area contributed by atoms with E-state index in [4.69, 9.17) is 4.52 Å². The second-order valence-corrected chi connectivity index (χ2v) is 4.77. The third kappa shape index (κ3) is 3.87. The summed E-state index contributed by atoms with van der Waals surface area (Å²) in [6.45, 7) is 4.67. The van der Waals surface area contributed by atoms with E-state index in [1.807, 2.05) is 13.8 Å². The second-order valence-electron chi connectivity index (χ2n) is 4.77. The molecular formula is C13H19N5O3. The number of hydrazone groups is 1. The Morgan fingerprint density at radius 2 is 2.19 bits per heavy atom. The summed E-state index contributed by atoms with van der Waals surface area (Å²) < 4.78 is 5.10. The fourth-order valence-corrected chi connectivity index (χ4v) is 1.98. The summed E-state index contributed by atoms with van der Waals surface area (Å²) in [4.78, 5) is 29.2. The fourth-order valence-electron chi connectivity index (χ4n) is 1.98. The summed E-state index contributed by atoms with van der Waals surface area (Å²) in [6, 6.07) is 0. The van der Waals surface area contributed by atoms with E-state index in [1.165, 1.54) is 0 Å². The minimum absolute atomic E-state index is 0.169. The van der Waals surface area contributed by atoms with Crippen molar-refractivity contribution in [1.82, 2.24) is 20.5 Å². The Morgan fingerprint density at radius 3 is 2.81 bits per heavy atom. The summed E-state index contributed by atoms with van der Waals surface area (Å²) in [5.74, 6) is 0.684. The Balaban J connectivity index is 2.01. The van der Waals surface area contributed by atoms with Crippen molar-refractivity contribution in [2.75, 3.05) is 6.54 Å². The topological polar surface area (TPSA) is 101 Å². The van der Waals surface area contributed by atoms with Gasteiger partial charge in [-0.2, -0.15) is 10.1 Å². The van der Waals surface area contributed by atoms with Crippen LogP contribution in [0.2, 0.25) is 0 Å². The normalized spacial score (nSPS) is 14.6. The molecule has 0 saturated heterocycles. The molecule has 0 radical (unpaired) electrons. The highest BCUT2D eigenvalue weighted by Gasteiger charge is 2.24. The molecule has 21 heavy (non-hydrogen) atoms. The molecule has 8 nitrogen and oxygen atoms in total. The van der Waals surface area contributed by atoms with Crippen molar-refractivity contribution in [2.24, 2.45) is 5.10 Å². The standard InChI is InChI=1S/C13H19N5O3/c1-3-5-12-14-10(17-21-12)8-18(4-2)13(20)9-6-7-11(19)16-15-9/h3-8H2,1-2H3,(H,16,19). The van der Waals surface area contributed by atoms with Crippen molar-refractivity contribution >= 4 is 17.5 Å². The molecule has 0 fully saturated rings. The van der Waals surface area contributed by atoms with E-state index in [0.717, 1.165) is 12.8 Å². The molecule has 0 aromatic carbocycles. The number of carbonyl (C=O) groups excluding carboxylic acids is 2. The van der Waals surface area contributed by atoms with Gasteiger partial charge >= 0.3 is 0 Å². The first-order chi connectivity index (χ1) is 10.1. The molecule has 0 saturated carbocycles. The molecule has 1 aliphatic rings. The third-order valence-corrected chi connectivity index (χ3v) is 3.13. The van der Waals surface area contributed by atoms with Gasteiger partial charge in [-0.3, -0.25) is 9.59 Å². The molecule has 1 aromatic heterocycles. The van der Waals surface area contributed by atoms with Gasteiger partial charge in [0.2, 0.25) is 11.8 Å². The highest BCUT2D eigenvalue weighted by atomic mass is 16.5. The van der Waals surface area contributed by atoms with Gasteiger partial charge in [-0.15, -0.1) is 0 Å². The van der Waals surface area contributed by atoms with Crippen molar-refractivity contribution in [3.8, 4) is 0 Å². The molecule has 2 amide bonds. The molecule has 0 atom stereocenters. The van der Waals surface area contributed by atoms with Gasteiger partial charge in [0, 0.05) is 25.8 Å². The first kappa shape index (κ1) is 15.1. The van der Waals surface area contributed by atoms with E-state index < -0.39 is 0 Å². The lowest BCUT2D eigenvalue weighted by Gasteiger charge is -2.21. The quantitative estimate of drug-likeness (QED) is 0.829. The molecule has 0 bridgehead atoms. The first-order valence-corrected chi connectivity index (χ1v) is 7.10. The van der Waals surface area contributed by atoms with Gasteiger partial charge in [0.1, 0.15) is 5.71 Å². The third-order valence-electron chi connectivity index (χ3n) is 3.13. The Kier molecular flexibility index (Phi) is 5.02. The van der Waals surface area contributed by atoms with Crippen LogP contribution in [-0.4, -0.2) is 39.1 Å². The zero-order valence-corrected chi connectivity index (χ0v) is 12.3. The number of aromatic nitrogens is 2. The predicted octanol–water partition coefficient (Wildman–Crippen LogP) is 0.637. The molecule has 8 heteroatoms. The highest BCUT2D eigenvalue weighted by Crippen LogP contribution is 2.08. The van der Waals surface area contributed by atoms with Gasteiger partial charge in [-0.25, -0.2) is 5.43 Å². The van der Waals surface area contributed by atoms with Crippen molar-refractivity contribution in [1.29, 1.82) is 0 Å². The number of aryl methyl sites for hydroxylation is 1. The zero-order chi connectivity index (χ0) is 15.2. The lowest BCUT2D eigenvalue weighted by Crippen LogP contribution is -2.40. The number of nitrogens with zero attached hydrogens (tertiary/aromatic N) is 4. The Bertz CT molecular complexity index is 552. The Hall–Kier alpha value is -2.25. The van der Waals surface area contributed by atoms with Crippen LogP contribution in [0, 0.1) is 0 Å². The van der Waals surface area contributed by atoms with Gasteiger partial charge in [-0.1, -0.05) is 12.1 Å². The summed E-state index contributed by atoms with van der Waals surface area (Å²) in [6.07, 6.45) is 2.29. The number of nitrogens with one attached hydrogen (secondary N) is 1. The van der Waals surface area contributed by atoms with E-state index in [2.05, 4.69) is 20.7 Å². The van der Waals surface area contributed by atoms with Crippen LogP contribution in [0.15, 0.2) is 9.62 Å². The van der Waals surface area contributed by atoms with Crippen LogP contribution in [0.4, 0.5) is 0 Å². The number of amides is 2. The van der Waals surface area contributed by atoms with Crippen LogP contribution in [0.5, 0.6) is 0 Å². The number of hydrogen-bond acceptors (Lipinski definition) is 6. The Labute approximate surface area is 122 Å². The van der Waals surface area contributed by atoms with E-state index in [9.17, 15) is 9.59 Å².